The molecule has 0 radical (unpaired) electrons. The van der Waals surface area contributed by atoms with Crippen molar-refractivity contribution < 1.29 is 13.9 Å². The number of methoxy groups -OCH3 is 1. The van der Waals surface area contributed by atoms with Gasteiger partial charge in [-0.15, -0.1) is 0 Å². The number of ether oxygens (including phenoxy) is 2. The van der Waals surface area contributed by atoms with Gasteiger partial charge in [-0.05, 0) is 51.5 Å². The Morgan fingerprint density at radius 1 is 1.19 bits per heavy atom. The van der Waals surface area contributed by atoms with E-state index < -0.39 is 0 Å². The molecule has 4 heterocycles. The summed E-state index contributed by atoms with van der Waals surface area (Å²) in [6.45, 7) is 7.74. The molecule has 32 heavy (non-hydrogen) atoms. The highest BCUT2D eigenvalue weighted by atomic mass is 16.5. The van der Waals surface area contributed by atoms with E-state index in [2.05, 4.69) is 32.0 Å². The molecule has 1 aliphatic rings. The Morgan fingerprint density at radius 2 is 2.06 bits per heavy atom. The number of aryl methyl sites for hydroxylation is 1. The molecule has 0 bridgehead atoms. The van der Waals surface area contributed by atoms with E-state index in [4.69, 9.17) is 18.9 Å². The molecular formula is C24H27N5O3. The van der Waals surface area contributed by atoms with Crippen molar-refractivity contribution in [3.63, 3.8) is 0 Å². The number of aromatic nitrogens is 4. The Hall–Kier alpha value is -3.39. The number of fused-ring (bicyclic) bond motifs is 1. The number of furan rings is 1. The van der Waals surface area contributed by atoms with Crippen LogP contribution in [-0.2, 0) is 4.74 Å². The van der Waals surface area contributed by atoms with Gasteiger partial charge in [0.2, 0.25) is 0 Å². The van der Waals surface area contributed by atoms with E-state index in [1.54, 1.807) is 13.4 Å². The van der Waals surface area contributed by atoms with Crippen molar-refractivity contribution in [1.29, 1.82) is 0 Å². The van der Waals surface area contributed by atoms with Gasteiger partial charge in [0.25, 0.3) is 0 Å². The standard InChI is InChI=1S/C24H27N5O3/c1-14(2)31-19-10-16(9-17(11-19)29-8-7-18(12-29)30-4)21-22-24(26-13-25-22)28-23(27-21)20-6-5-15(3)32-20/h5-6,9-11,13-14,18H,7-8,12H2,1-4H3,(H,25,26,27,28). The smallest absolute Gasteiger partial charge is 0.198 e. The Labute approximate surface area is 186 Å². The summed E-state index contributed by atoms with van der Waals surface area (Å²) in [6.07, 6.45) is 2.93. The van der Waals surface area contributed by atoms with E-state index in [0.717, 1.165) is 53.5 Å². The SMILES string of the molecule is COC1CCN(c2cc(OC(C)C)cc(-c3nc(-c4ccc(C)o4)nc4nc[nH]c34)c2)C1. The third-order valence-corrected chi connectivity index (χ3v) is 5.63. The van der Waals surface area contributed by atoms with Crippen molar-refractivity contribution >= 4 is 16.9 Å². The van der Waals surface area contributed by atoms with E-state index in [9.17, 15) is 0 Å². The molecule has 1 atom stereocenters. The van der Waals surface area contributed by atoms with Crippen LogP contribution in [0.2, 0.25) is 0 Å². The lowest BCUT2D eigenvalue weighted by Gasteiger charge is -2.21. The minimum absolute atomic E-state index is 0.0580. The number of rotatable bonds is 6. The van der Waals surface area contributed by atoms with Crippen LogP contribution in [0.25, 0.3) is 34.0 Å². The quantitative estimate of drug-likeness (QED) is 0.475. The highest BCUT2D eigenvalue weighted by molar-refractivity contribution is 5.89. The van der Waals surface area contributed by atoms with Crippen LogP contribution in [0.15, 0.2) is 41.1 Å². The molecule has 0 saturated carbocycles. The van der Waals surface area contributed by atoms with Crippen LogP contribution in [0.1, 0.15) is 26.0 Å². The molecule has 1 fully saturated rings. The molecule has 0 aliphatic carbocycles. The van der Waals surface area contributed by atoms with Gasteiger partial charge in [0.15, 0.2) is 17.2 Å². The number of imidazole rings is 1. The highest BCUT2D eigenvalue weighted by Crippen LogP contribution is 2.35. The summed E-state index contributed by atoms with van der Waals surface area (Å²) in [6, 6.07) is 10.0. The summed E-state index contributed by atoms with van der Waals surface area (Å²) in [5.74, 6) is 2.73. The molecule has 5 rings (SSSR count). The number of anilines is 1. The van der Waals surface area contributed by atoms with Crippen molar-refractivity contribution in [3.05, 3.63) is 42.4 Å². The number of H-pyrrole nitrogens is 1. The van der Waals surface area contributed by atoms with Crippen molar-refractivity contribution in [3.8, 4) is 28.6 Å². The number of hydrogen-bond acceptors (Lipinski definition) is 7. The van der Waals surface area contributed by atoms with Gasteiger partial charge in [0.05, 0.1) is 18.5 Å². The maximum Gasteiger partial charge on any atom is 0.198 e. The molecule has 166 valence electrons. The van der Waals surface area contributed by atoms with Gasteiger partial charge < -0.3 is 23.8 Å². The molecular weight excluding hydrogens is 406 g/mol. The first-order chi connectivity index (χ1) is 15.5. The third-order valence-electron chi connectivity index (χ3n) is 5.63. The van der Waals surface area contributed by atoms with Gasteiger partial charge in [-0.1, -0.05) is 0 Å². The molecule has 1 unspecified atom stereocenters. The molecule has 3 aromatic heterocycles. The Balaban J connectivity index is 1.64. The summed E-state index contributed by atoms with van der Waals surface area (Å²) in [5.41, 5.74) is 4.14. The van der Waals surface area contributed by atoms with Gasteiger partial charge in [-0.3, -0.25) is 0 Å². The Bertz CT molecular complexity index is 1250. The molecule has 1 aromatic carbocycles. The lowest BCUT2D eigenvalue weighted by molar-refractivity contribution is 0.121. The lowest BCUT2D eigenvalue weighted by Crippen LogP contribution is -2.22. The lowest BCUT2D eigenvalue weighted by atomic mass is 10.1. The van der Waals surface area contributed by atoms with Crippen LogP contribution >= 0.6 is 0 Å². The van der Waals surface area contributed by atoms with E-state index in [-0.39, 0.29) is 12.2 Å². The molecule has 1 aliphatic heterocycles. The predicted molar refractivity (Wildman–Crippen MR) is 123 cm³/mol. The molecule has 1 N–H and O–H groups in total. The van der Waals surface area contributed by atoms with Crippen molar-refractivity contribution in [2.24, 2.45) is 0 Å². The highest BCUT2D eigenvalue weighted by Gasteiger charge is 2.24. The topological polar surface area (TPSA) is 89.3 Å². The first-order valence-electron chi connectivity index (χ1n) is 10.9. The summed E-state index contributed by atoms with van der Waals surface area (Å²) in [5, 5.41) is 0. The van der Waals surface area contributed by atoms with Gasteiger partial charge >= 0.3 is 0 Å². The number of benzene rings is 1. The second-order valence-electron chi connectivity index (χ2n) is 8.38. The first-order valence-corrected chi connectivity index (χ1v) is 10.9. The molecule has 0 amide bonds. The number of nitrogens with one attached hydrogen (secondary N) is 1. The molecule has 0 spiro atoms. The van der Waals surface area contributed by atoms with E-state index in [1.165, 1.54) is 0 Å². The number of aromatic amines is 1. The van der Waals surface area contributed by atoms with E-state index >= 15 is 0 Å². The fraction of sp³-hybridized carbons (Fsp3) is 0.375. The average molecular weight is 434 g/mol. The van der Waals surface area contributed by atoms with Crippen LogP contribution in [0.3, 0.4) is 0 Å². The maximum absolute atomic E-state index is 6.10. The minimum atomic E-state index is 0.0580. The maximum atomic E-state index is 6.10. The first kappa shape index (κ1) is 20.5. The molecule has 4 aromatic rings. The second-order valence-corrected chi connectivity index (χ2v) is 8.38. The Kier molecular flexibility index (Phi) is 5.30. The average Bonchev–Trinajstić information content (AvgIpc) is 3.52. The summed E-state index contributed by atoms with van der Waals surface area (Å²) in [7, 11) is 1.77. The van der Waals surface area contributed by atoms with Crippen LogP contribution in [0.4, 0.5) is 5.69 Å². The fourth-order valence-corrected chi connectivity index (χ4v) is 4.10. The van der Waals surface area contributed by atoms with Gasteiger partial charge in [-0.25, -0.2) is 15.0 Å². The normalized spacial score (nSPS) is 16.4. The Morgan fingerprint density at radius 3 is 2.78 bits per heavy atom. The molecule has 1 saturated heterocycles. The van der Waals surface area contributed by atoms with Crippen molar-refractivity contribution in [2.45, 2.75) is 39.4 Å². The van der Waals surface area contributed by atoms with Crippen LogP contribution in [0, 0.1) is 6.92 Å². The molecule has 8 nitrogen and oxygen atoms in total. The minimum Gasteiger partial charge on any atom is -0.491 e. The van der Waals surface area contributed by atoms with Crippen molar-refractivity contribution in [1.82, 2.24) is 19.9 Å². The second kappa shape index (κ2) is 8.27. The largest absolute Gasteiger partial charge is 0.491 e. The third kappa shape index (κ3) is 3.93. The van der Waals surface area contributed by atoms with Crippen molar-refractivity contribution in [2.75, 3.05) is 25.1 Å². The van der Waals surface area contributed by atoms with Crippen LogP contribution < -0.4 is 9.64 Å². The fourth-order valence-electron chi connectivity index (χ4n) is 4.10. The number of nitrogens with zero attached hydrogens (tertiary/aromatic N) is 4. The van der Waals surface area contributed by atoms with Gasteiger partial charge in [0, 0.05) is 37.5 Å². The summed E-state index contributed by atoms with van der Waals surface area (Å²) >= 11 is 0. The molecule has 8 heteroatoms. The van der Waals surface area contributed by atoms with Crippen LogP contribution in [0.5, 0.6) is 5.75 Å². The van der Waals surface area contributed by atoms with Gasteiger partial charge in [-0.2, -0.15) is 0 Å². The van der Waals surface area contributed by atoms with E-state index in [1.807, 2.05) is 39.0 Å². The zero-order valence-electron chi connectivity index (χ0n) is 18.8. The predicted octanol–water partition coefficient (Wildman–Crippen LogP) is 4.60. The zero-order chi connectivity index (χ0) is 22.2. The van der Waals surface area contributed by atoms with E-state index in [0.29, 0.717) is 17.2 Å². The monoisotopic (exact) mass is 433 g/mol. The summed E-state index contributed by atoms with van der Waals surface area (Å²) in [4.78, 5) is 19.4. The van der Waals surface area contributed by atoms with Gasteiger partial charge in [0.1, 0.15) is 22.7 Å². The number of hydrogen-bond donors (Lipinski definition) is 1. The zero-order valence-corrected chi connectivity index (χ0v) is 18.8. The summed E-state index contributed by atoms with van der Waals surface area (Å²) < 4.78 is 17.4. The van der Waals surface area contributed by atoms with Crippen LogP contribution in [-0.4, -0.2) is 52.3 Å².